The molecule has 150 valence electrons. The average molecular weight is 407 g/mol. The molecule has 0 bridgehead atoms. The van der Waals surface area contributed by atoms with Gasteiger partial charge in [-0.25, -0.2) is 4.79 Å². The van der Waals surface area contributed by atoms with Crippen molar-refractivity contribution < 1.29 is 19.2 Å². The second-order valence-corrected chi connectivity index (χ2v) is 7.82. The Morgan fingerprint density at radius 2 is 2.04 bits per heavy atom. The van der Waals surface area contributed by atoms with Gasteiger partial charge in [0.05, 0.1) is 17.1 Å². The Morgan fingerprint density at radius 3 is 2.71 bits per heavy atom. The first-order valence-corrected chi connectivity index (χ1v) is 9.86. The molecule has 1 aromatic rings. The van der Waals surface area contributed by atoms with Crippen LogP contribution in [0.1, 0.15) is 56.9 Å². The number of nitro groups is 1. The van der Waals surface area contributed by atoms with Crippen LogP contribution in [0, 0.1) is 16.0 Å². The molecule has 1 N–H and O–H groups in total. The van der Waals surface area contributed by atoms with E-state index in [1.165, 1.54) is 18.6 Å². The van der Waals surface area contributed by atoms with Gasteiger partial charge in [-0.15, -0.1) is 0 Å². The first kappa shape index (κ1) is 20.3. The van der Waals surface area contributed by atoms with Gasteiger partial charge in [-0.05, 0) is 37.3 Å². The summed E-state index contributed by atoms with van der Waals surface area (Å²) in [5, 5.41) is 13.9. The van der Waals surface area contributed by atoms with Gasteiger partial charge in [0.2, 0.25) is 5.91 Å². The topological polar surface area (TPSA) is 98.5 Å². The number of halogens is 1. The van der Waals surface area contributed by atoms with Crippen LogP contribution >= 0.6 is 11.6 Å². The van der Waals surface area contributed by atoms with Gasteiger partial charge < -0.3 is 10.1 Å². The summed E-state index contributed by atoms with van der Waals surface area (Å²) in [5.74, 6) is -0.968. The summed E-state index contributed by atoms with van der Waals surface area (Å²) in [5.41, 5.74) is 1.01. The van der Waals surface area contributed by atoms with Crippen molar-refractivity contribution in [3.63, 3.8) is 0 Å². The molecule has 7 nitrogen and oxygen atoms in total. The smallest absolute Gasteiger partial charge is 0.336 e. The zero-order valence-electron chi connectivity index (χ0n) is 15.7. The monoisotopic (exact) mass is 406 g/mol. The van der Waals surface area contributed by atoms with Crippen LogP contribution in [-0.2, 0) is 14.3 Å². The van der Waals surface area contributed by atoms with Gasteiger partial charge in [-0.3, -0.25) is 14.9 Å². The third-order valence-corrected chi connectivity index (χ3v) is 5.75. The molecule has 1 amide bonds. The van der Waals surface area contributed by atoms with Crippen molar-refractivity contribution in [2.45, 2.75) is 51.4 Å². The molecule has 0 spiro atoms. The molecule has 1 aliphatic carbocycles. The summed E-state index contributed by atoms with van der Waals surface area (Å²) in [7, 11) is 0. The van der Waals surface area contributed by atoms with Crippen molar-refractivity contribution in [1.29, 1.82) is 0 Å². The predicted molar refractivity (Wildman–Crippen MR) is 104 cm³/mol. The highest BCUT2D eigenvalue weighted by Gasteiger charge is 2.34. The van der Waals surface area contributed by atoms with E-state index in [0.29, 0.717) is 29.4 Å². The van der Waals surface area contributed by atoms with E-state index < -0.39 is 16.8 Å². The van der Waals surface area contributed by atoms with Gasteiger partial charge in [-0.2, -0.15) is 0 Å². The summed E-state index contributed by atoms with van der Waals surface area (Å²) < 4.78 is 5.57. The highest BCUT2D eigenvalue weighted by molar-refractivity contribution is 6.32. The fourth-order valence-electron chi connectivity index (χ4n) is 3.97. The molecular formula is C20H23ClN2O5. The number of nitrogens with one attached hydrogen (secondary N) is 1. The minimum atomic E-state index is -0.608. The second kappa shape index (κ2) is 8.73. The number of ether oxygens (including phenoxy) is 1. The Kier molecular flexibility index (Phi) is 6.34. The number of nitro benzene ring substituents is 1. The molecular weight excluding hydrogens is 384 g/mol. The quantitative estimate of drug-likeness (QED) is 0.447. The number of esters is 1. The first-order valence-electron chi connectivity index (χ1n) is 9.48. The number of benzene rings is 1. The lowest BCUT2D eigenvalue weighted by Crippen LogP contribution is -2.34. The zero-order chi connectivity index (χ0) is 20.3. The van der Waals surface area contributed by atoms with Crippen molar-refractivity contribution in [3.8, 4) is 0 Å². The number of allylic oxidation sites excluding steroid dienone is 1. The Bertz CT molecular complexity index is 830. The van der Waals surface area contributed by atoms with E-state index >= 15 is 0 Å². The highest BCUT2D eigenvalue weighted by Crippen LogP contribution is 2.37. The summed E-state index contributed by atoms with van der Waals surface area (Å²) in [6, 6.07) is 4.36. The molecule has 0 unspecified atom stereocenters. The van der Waals surface area contributed by atoms with Crippen LogP contribution in [-0.4, -0.2) is 23.4 Å². The molecule has 28 heavy (non-hydrogen) atoms. The third-order valence-electron chi connectivity index (χ3n) is 5.43. The normalized spacial score (nSPS) is 20.6. The average Bonchev–Trinajstić information content (AvgIpc) is 2.66. The maximum absolute atomic E-state index is 12.8. The Labute approximate surface area is 168 Å². The molecule has 1 saturated carbocycles. The van der Waals surface area contributed by atoms with Crippen LogP contribution < -0.4 is 5.32 Å². The zero-order valence-corrected chi connectivity index (χ0v) is 16.5. The number of carbonyl (C=O) groups is 2. The molecule has 0 saturated heterocycles. The van der Waals surface area contributed by atoms with E-state index in [1.54, 1.807) is 13.0 Å². The van der Waals surface area contributed by atoms with Crippen molar-refractivity contribution in [1.82, 2.24) is 5.32 Å². The van der Waals surface area contributed by atoms with Gasteiger partial charge in [0, 0.05) is 24.1 Å². The minimum Gasteiger partial charge on any atom is -0.462 e. The van der Waals surface area contributed by atoms with Crippen molar-refractivity contribution >= 4 is 29.2 Å². The van der Waals surface area contributed by atoms with Crippen LogP contribution in [0.5, 0.6) is 0 Å². The molecule has 8 heteroatoms. The lowest BCUT2D eigenvalue weighted by Gasteiger charge is -2.27. The Balaban J connectivity index is 1.85. The lowest BCUT2D eigenvalue weighted by molar-refractivity contribution is -0.384. The van der Waals surface area contributed by atoms with Crippen LogP contribution in [0.25, 0.3) is 0 Å². The van der Waals surface area contributed by atoms with E-state index in [0.717, 1.165) is 25.7 Å². The van der Waals surface area contributed by atoms with Gasteiger partial charge in [0.15, 0.2) is 0 Å². The number of nitrogens with zero attached hydrogens (tertiary/aromatic N) is 1. The number of amides is 1. The SMILES string of the molecule is CC1=C(C(=O)OCC2CCCCC2)[C@@H](c2ccc(Cl)c([N+](=O)[O-])c2)CC(=O)N1. The number of rotatable bonds is 5. The largest absolute Gasteiger partial charge is 0.462 e. The van der Waals surface area contributed by atoms with E-state index in [2.05, 4.69) is 5.32 Å². The minimum absolute atomic E-state index is 0.0103. The van der Waals surface area contributed by atoms with Crippen LogP contribution in [0.3, 0.4) is 0 Å². The summed E-state index contributed by atoms with van der Waals surface area (Å²) in [6.07, 6.45) is 5.64. The molecule has 1 heterocycles. The van der Waals surface area contributed by atoms with E-state index in [4.69, 9.17) is 16.3 Å². The summed E-state index contributed by atoms with van der Waals surface area (Å²) in [4.78, 5) is 35.5. The van der Waals surface area contributed by atoms with E-state index in [1.807, 2.05) is 0 Å². The van der Waals surface area contributed by atoms with E-state index in [-0.39, 0.29) is 23.0 Å². The Hall–Kier alpha value is -2.41. The first-order chi connectivity index (χ1) is 13.4. The van der Waals surface area contributed by atoms with Gasteiger partial charge in [0.25, 0.3) is 5.69 Å². The number of carbonyl (C=O) groups excluding carboxylic acids is 2. The standard InChI is InChI=1S/C20H23ClN2O5/c1-12-19(20(25)28-11-13-5-3-2-4-6-13)15(10-18(24)22-12)14-7-8-16(21)17(9-14)23(26)27/h7-9,13,15H,2-6,10-11H2,1H3,(H,22,24)/t15-/m1/s1. The second-order valence-electron chi connectivity index (χ2n) is 7.41. The number of hydrogen-bond donors (Lipinski definition) is 1. The van der Waals surface area contributed by atoms with Crippen LogP contribution in [0.2, 0.25) is 5.02 Å². The van der Waals surface area contributed by atoms with E-state index in [9.17, 15) is 19.7 Å². The molecule has 1 atom stereocenters. The van der Waals surface area contributed by atoms with Gasteiger partial charge >= 0.3 is 5.97 Å². The van der Waals surface area contributed by atoms with Crippen LogP contribution in [0.4, 0.5) is 5.69 Å². The van der Waals surface area contributed by atoms with Crippen molar-refractivity contribution in [2.24, 2.45) is 5.92 Å². The summed E-state index contributed by atoms with van der Waals surface area (Å²) in [6.45, 7) is 2.00. The Morgan fingerprint density at radius 1 is 1.32 bits per heavy atom. The molecule has 1 aromatic carbocycles. The molecule has 1 aliphatic heterocycles. The third kappa shape index (κ3) is 4.52. The van der Waals surface area contributed by atoms with Crippen molar-refractivity contribution in [3.05, 3.63) is 50.2 Å². The molecule has 0 radical (unpaired) electrons. The summed E-state index contributed by atoms with van der Waals surface area (Å²) >= 11 is 5.90. The maximum atomic E-state index is 12.8. The molecule has 3 rings (SSSR count). The van der Waals surface area contributed by atoms with Crippen molar-refractivity contribution in [2.75, 3.05) is 6.61 Å². The fraction of sp³-hybridized carbons (Fsp3) is 0.500. The number of hydrogen-bond acceptors (Lipinski definition) is 5. The lowest BCUT2D eigenvalue weighted by atomic mass is 9.84. The molecule has 0 aromatic heterocycles. The maximum Gasteiger partial charge on any atom is 0.336 e. The fourth-order valence-corrected chi connectivity index (χ4v) is 4.15. The highest BCUT2D eigenvalue weighted by atomic mass is 35.5. The molecule has 2 aliphatic rings. The van der Waals surface area contributed by atoms with Gasteiger partial charge in [-0.1, -0.05) is 36.9 Å². The molecule has 1 fully saturated rings. The van der Waals surface area contributed by atoms with Crippen LogP contribution in [0.15, 0.2) is 29.5 Å². The predicted octanol–water partition coefficient (Wildman–Crippen LogP) is 4.25. The van der Waals surface area contributed by atoms with Gasteiger partial charge in [0.1, 0.15) is 5.02 Å².